The molecule has 0 saturated heterocycles. The van der Waals surface area contributed by atoms with E-state index in [0.717, 1.165) is 19.4 Å². The van der Waals surface area contributed by atoms with Crippen LogP contribution in [0.2, 0.25) is 0 Å². The smallest absolute Gasteiger partial charge is 0.178 e. The van der Waals surface area contributed by atoms with E-state index in [-0.39, 0.29) is 5.75 Å². The highest BCUT2D eigenvalue weighted by Crippen LogP contribution is 2.16. The molecule has 1 aromatic carbocycles. The summed E-state index contributed by atoms with van der Waals surface area (Å²) in [4.78, 5) is 0.442. The molecule has 1 rings (SSSR count). The van der Waals surface area contributed by atoms with E-state index in [4.69, 9.17) is 0 Å². The van der Waals surface area contributed by atoms with Crippen LogP contribution < -0.4 is 5.32 Å². The first kappa shape index (κ1) is 18.2. The lowest BCUT2D eigenvalue weighted by Gasteiger charge is -2.20. The Morgan fingerprint density at radius 2 is 1.71 bits per heavy atom. The zero-order valence-electron chi connectivity index (χ0n) is 13.7. The Morgan fingerprint density at radius 1 is 1.10 bits per heavy atom. The van der Waals surface area contributed by atoms with E-state index in [1.165, 1.54) is 5.56 Å². The highest BCUT2D eigenvalue weighted by atomic mass is 32.2. The molecule has 0 aromatic heterocycles. The van der Waals surface area contributed by atoms with Crippen LogP contribution in [0, 0.1) is 5.92 Å². The summed E-state index contributed by atoms with van der Waals surface area (Å²) in [5.41, 5.74) is 1.19. The van der Waals surface area contributed by atoms with Gasteiger partial charge in [0.15, 0.2) is 9.84 Å². The van der Waals surface area contributed by atoms with Crippen molar-refractivity contribution in [3.8, 4) is 0 Å². The summed E-state index contributed by atoms with van der Waals surface area (Å²) in [7, 11) is -3.10. The normalized spacial score (nSPS) is 13.6. The van der Waals surface area contributed by atoms with Gasteiger partial charge < -0.3 is 5.32 Å². The minimum atomic E-state index is -3.10. The van der Waals surface area contributed by atoms with E-state index in [2.05, 4.69) is 26.1 Å². The Balaban J connectivity index is 2.77. The summed E-state index contributed by atoms with van der Waals surface area (Å²) >= 11 is 0. The van der Waals surface area contributed by atoms with E-state index in [0.29, 0.717) is 23.3 Å². The fraction of sp³-hybridized carbons (Fsp3) is 0.647. The van der Waals surface area contributed by atoms with Gasteiger partial charge in [-0.15, -0.1) is 0 Å². The van der Waals surface area contributed by atoms with Crippen LogP contribution in [0.1, 0.15) is 46.1 Å². The molecule has 0 saturated carbocycles. The standard InChI is InChI=1S/C17H29NO2S/c1-5-11-21(19,20)17-9-7-15(8-10-17)13-16(18-6-2)12-14(3)4/h7-10,14,16,18H,5-6,11-13H2,1-4H3. The number of sulfone groups is 1. The molecule has 0 aliphatic heterocycles. The van der Waals surface area contributed by atoms with Gasteiger partial charge in [0.25, 0.3) is 0 Å². The Kier molecular flexibility index (Phi) is 7.40. The fourth-order valence-corrected chi connectivity index (χ4v) is 3.92. The quantitative estimate of drug-likeness (QED) is 0.760. The van der Waals surface area contributed by atoms with Crippen molar-refractivity contribution in [3.05, 3.63) is 29.8 Å². The van der Waals surface area contributed by atoms with Crippen LogP contribution in [0.5, 0.6) is 0 Å². The van der Waals surface area contributed by atoms with Crippen LogP contribution >= 0.6 is 0 Å². The highest BCUT2D eigenvalue weighted by molar-refractivity contribution is 7.91. The number of likely N-dealkylation sites (N-methyl/N-ethyl adjacent to an activating group) is 1. The van der Waals surface area contributed by atoms with Crippen LogP contribution in [0.15, 0.2) is 29.2 Å². The largest absolute Gasteiger partial charge is 0.314 e. The molecule has 120 valence electrons. The van der Waals surface area contributed by atoms with Gasteiger partial charge in [-0.3, -0.25) is 0 Å². The van der Waals surface area contributed by atoms with E-state index in [9.17, 15) is 8.42 Å². The van der Waals surface area contributed by atoms with Gasteiger partial charge in [-0.2, -0.15) is 0 Å². The van der Waals surface area contributed by atoms with Gasteiger partial charge in [-0.05, 0) is 49.4 Å². The average molecular weight is 311 g/mol. The molecule has 3 nitrogen and oxygen atoms in total. The lowest BCUT2D eigenvalue weighted by molar-refractivity contribution is 0.424. The molecular weight excluding hydrogens is 282 g/mol. The van der Waals surface area contributed by atoms with E-state index < -0.39 is 9.84 Å². The minimum Gasteiger partial charge on any atom is -0.314 e. The summed E-state index contributed by atoms with van der Waals surface area (Å²) in [6.07, 6.45) is 2.73. The molecule has 1 aromatic rings. The third-order valence-corrected chi connectivity index (χ3v) is 5.42. The average Bonchev–Trinajstić information content (AvgIpc) is 2.38. The molecule has 0 amide bonds. The Labute approximate surface area is 130 Å². The zero-order valence-corrected chi connectivity index (χ0v) is 14.5. The van der Waals surface area contributed by atoms with Crippen molar-refractivity contribution in [2.75, 3.05) is 12.3 Å². The van der Waals surface area contributed by atoms with Gasteiger partial charge in [0.1, 0.15) is 0 Å². The number of hydrogen-bond acceptors (Lipinski definition) is 3. The molecule has 21 heavy (non-hydrogen) atoms. The van der Waals surface area contributed by atoms with Gasteiger partial charge >= 0.3 is 0 Å². The molecule has 0 spiro atoms. The maximum absolute atomic E-state index is 12.0. The van der Waals surface area contributed by atoms with Crippen molar-refractivity contribution < 1.29 is 8.42 Å². The summed E-state index contributed by atoms with van der Waals surface area (Å²) in [6, 6.07) is 7.85. The summed E-state index contributed by atoms with van der Waals surface area (Å²) in [5.74, 6) is 0.873. The van der Waals surface area contributed by atoms with Gasteiger partial charge in [0.05, 0.1) is 10.6 Å². The molecule has 1 unspecified atom stereocenters. The van der Waals surface area contributed by atoms with Crippen molar-refractivity contribution >= 4 is 9.84 Å². The second-order valence-corrected chi connectivity index (χ2v) is 8.16. The van der Waals surface area contributed by atoms with Crippen LogP contribution in [0.3, 0.4) is 0 Å². The Hall–Kier alpha value is -0.870. The van der Waals surface area contributed by atoms with Crippen LogP contribution in [0.25, 0.3) is 0 Å². The number of hydrogen-bond donors (Lipinski definition) is 1. The lowest BCUT2D eigenvalue weighted by atomic mass is 9.97. The van der Waals surface area contributed by atoms with E-state index in [1.807, 2.05) is 19.1 Å². The van der Waals surface area contributed by atoms with Crippen molar-refractivity contribution in [1.29, 1.82) is 0 Å². The van der Waals surface area contributed by atoms with Crippen molar-refractivity contribution in [2.24, 2.45) is 5.92 Å². The predicted octanol–water partition coefficient (Wildman–Crippen LogP) is 3.44. The molecule has 0 aliphatic carbocycles. The van der Waals surface area contributed by atoms with Crippen LogP contribution in [-0.2, 0) is 16.3 Å². The SMILES string of the molecule is CCCS(=O)(=O)c1ccc(CC(CC(C)C)NCC)cc1. The maximum atomic E-state index is 12.0. The van der Waals surface area contributed by atoms with Crippen molar-refractivity contribution in [1.82, 2.24) is 5.32 Å². The predicted molar refractivity (Wildman–Crippen MR) is 89.4 cm³/mol. The van der Waals surface area contributed by atoms with Crippen molar-refractivity contribution in [2.45, 2.75) is 57.9 Å². The minimum absolute atomic E-state index is 0.222. The van der Waals surface area contributed by atoms with Crippen molar-refractivity contribution in [3.63, 3.8) is 0 Å². The zero-order chi connectivity index (χ0) is 15.9. The highest BCUT2D eigenvalue weighted by Gasteiger charge is 2.14. The fourth-order valence-electron chi connectivity index (χ4n) is 2.60. The molecule has 0 fully saturated rings. The molecule has 1 N–H and O–H groups in total. The first-order chi connectivity index (χ1) is 9.89. The second-order valence-electron chi connectivity index (χ2n) is 6.05. The molecule has 0 bridgehead atoms. The number of rotatable bonds is 9. The number of benzene rings is 1. The second kappa shape index (κ2) is 8.54. The Bertz CT molecular complexity index is 506. The third-order valence-electron chi connectivity index (χ3n) is 3.49. The molecule has 4 heteroatoms. The lowest BCUT2D eigenvalue weighted by Crippen LogP contribution is -2.32. The third kappa shape index (κ3) is 6.18. The van der Waals surface area contributed by atoms with Gasteiger partial charge in [0.2, 0.25) is 0 Å². The number of nitrogens with one attached hydrogen (secondary N) is 1. The monoisotopic (exact) mass is 311 g/mol. The molecule has 1 atom stereocenters. The Morgan fingerprint density at radius 3 is 2.19 bits per heavy atom. The summed E-state index contributed by atoms with van der Waals surface area (Å²) in [5, 5.41) is 3.51. The molecule has 0 aliphatic rings. The van der Waals surface area contributed by atoms with Crippen LogP contribution in [0.4, 0.5) is 0 Å². The first-order valence-electron chi connectivity index (χ1n) is 7.94. The summed E-state index contributed by atoms with van der Waals surface area (Å²) in [6.45, 7) is 9.42. The molecule has 0 radical (unpaired) electrons. The van der Waals surface area contributed by atoms with Gasteiger partial charge in [0, 0.05) is 6.04 Å². The van der Waals surface area contributed by atoms with Crippen LogP contribution in [-0.4, -0.2) is 26.8 Å². The van der Waals surface area contributed by atoms with E-state index >= 15 is 0 Å². The molecule has 0 heterocycles. The maximum Gasteiger partial charge on any atom is 0.178 e. The van der Waals surface area contributed by atoms with Gasteiger partial charge in [-0.1, -0.05) is 39.8 Å². The van der Waals surface area contributed by atoms with Gasteiger partial charge in [-0.25, -0.2) is 8.42 Å². The molecular formula is C17H29NO2S. The topological polar surface area (TPSA) is 46.2 Å². The summed E-state index contributed by atoms with van der Waals surface area (Å²) < 4.78 is 24.0. The van der Waals surface area contributed by atoms with E-state index in [1.54, 1.807) is 12.1 Å². The first-order valence-corrected chi connectivity index (χ1v) is 9.59.